The molecule has 19 heavy (non-hydrogen) atoms. The third-order valence-corrected chi connectivity index (χ3v) is 3.44. The second-order valence-electron chi connectivity index (χ2n) is 5.06. The lowest BCUT2D eigenvalue weighted by Crippen LogP contribution is -2.42. The van der Waals surface area contributed by atoms with E-state index in [9.17, 15) is 0 Å². The van der Waals surface area contributed by atoms with Crippen LogP contribution < -0.4 is 16.6 Å². The zero-order chi connectivity index (χ0) is 13.9. The Hall–Kier alpha value is -0.850. The third-order valence-electron chi connectivity index (χ3n) is 3.44. The molecule has 1 fully saturated rings. The number of ether oxygens (including phenoxy) is 1. The van der Waals surface area contributed by atoms with Crippen LogP contribution >= 0.6 is 0 Å². The predicted octanol–water partition coefficient (Wildman–Crippen LogP) is 0.164. The molecule has 0 aromatic rings. The van der Waals surface area contributed by atoms with Crippen molar-refractivity contribution in [2.24, 2.45) is 16.8 Å². The smallest absolute Gasteiger partial charge is 0.205 e. The zero-order valence-electron chi connectivity index (χ0n) is 12.3. The quantitative estimate of drug-likeness (QED) is 0.202. The Morgan fingerprint density at radius 2 is 2.16 bits per heavy atom. The van der Waals surface area contributed by atoms with E-state index >= 15 is 0 Å². The SMILES string of the molecule is CCOCCCNC(=NCC1CCN(C)CC1)NN. The minimum atomic E-state index is 0.685. The maximum atomic E-state index is 5.47. The molecule has 0 unspecified atom stereocenters. The minimum absolute atomic E-state index is 0.685. The molecule has 0 spiro atoms. The van der Waals surface area contributed by atoms with Crippen molar-refractivity contribution in [1.29, 1.82) is 0 Å². The van der Waals surface area contributed by atoms with Gasteiger partial charge in [0.2, 0.25) is 5.96 Å². The first-order valence-corrected chi connectivity index (χ1v) is 7.27. The Bertz CT molecular complexity index is 251. The Kier molecular flexibility index (Phi) is 8.53. The highest BCUT2D eigenvalue weighted by Crippen LogP contribution is 2.15. The van der Waals surface area contributed by atoms with Gasteiger partial charge in [-0.25, -0.2) is 5.84 Å². The summed E-state index contributed by atoms with van der Waals surface area (Å²) in [6.07, 6.45) is 3.41. The van der Waals surface area contributed by atoms with E-state index in [1.54, 1.807) is 0 Å². The van der Waals surface area contributed by atoms with Gasteiger partial charge in [0.1, 0.15) is 0 Å². The van der Waals surface area contributed by atoms with Crippen LogP contribution in [0.15, 0.2) is 4.99 Å². The highest BCUT2D eigenvalue weighted by Gasteiger charge is 2.16. The largest absolute Gasteiger partial charge is 0.382 e. The number of guanidine groups is 1. The topological polar surface area (TPSA) is 74.9 Å². The number of hydrogen-bond acceptors (Lipinski definition) is 4. The molecule has 0 aromatic heterocycles. The average molecular weight is 271 g/mol. The van der Waals surface area contributed by atoms with Gasteiger partial charge >= 0.3 is 0 Å². The standard InChI is InChI=1S/C13H29N5O/c1-3-19-10-4-7-15-13(17-14)16-11-12-5-8-18(2)9-6-12/h12H,3-11,14H2,1-2H3,(H2,15,16,17). The highest BCUT2D eigenvalue weighted by molar-refractivity contribution is 5.79. The van der Waals surface area contributed by atoms with Gasteiger partial charge in [-0.05, 0) is 52.2 Å². The molecule has 6 nitrogen and oxygen atoms in total. The first-order valence-electron chi connectivity index (χ1n) is 7.27. The summed E-state index contributed by atoms with van der Waals surface area (Å²) in [4.78, 5) is 6.89. The molecule has 1 aliphatic rings. The van der Waals surface area contributed by atoms with Gasteiger partial charge < -0.3 is 15.0 Å². The van der Waals surface area contributed by atoms with Crippen LogP contribution in [0.2, 0.25) is 0 Å². The molecule has 1 heterocycles. The molecule has 0 atom stereocenters. The summed E-state index contributed by atoms with van der Waals surface area (Å²) in [6, 6.07) is 0. The van der Waals surface area contributed by atoms with E-state index in [0.717, 1.165) is 32.7 Å². The number of piperidine rings is 1. The number of hydrogen-bond donors (Lipinski definition) is 3. The number of nitrogens with two attached hydrogens (primary N) is 1. The Labute approximate surface area is 116 Å². The molecule has 0 radical (unpaired) electrons. The van der Waals surface area contributed by atoms with Crippen LogP contribution in [0.5, 0.6) is 0 Å². The van der Waals surface area contributed by atoms with Crippen LogP contribution in [0.25, 0.3) is 0 Å². The summed E-state index contributed by atoms with van der Waals surface area (Å²) in [7, 11) is 2.17. The number of likely N-dealkylation sites (tertiary alicyclic amines) is 1. The van der Waals surface area contributed by atoms with Gasteiger partial charge in [0, 0.05) is 26.3 Å². The fraction of sp³-hybridized carbons (Fsp3) is 0.923. The summed E-state index contributed by atoms with van der Waals surface area (Å²) < 4.78 is 5.28. The van der Waals surface area contributed by atoms with Gasteiger partial charge in [0.05, 0.1) is 0 Å². The summed E-state index contributed by atoms with van der Waals surface area (Å²) in [6.45, 7) is 7.58. The van der Waals surface area contributed by atoms with E-state index in [1.165, 1.54) is 25.9 Å². The van der Waals surface area contributed by atoms with E-state index in [4.69, 9.17) is 10.6 Å². The lowest BCUT2D eigenvalue weighted by molar-refractivity contribution is 0.145. The van der Waals surface area contributed by atoms with Crippen LogP contribution in [-0.4, -0.2) is 57.3 Å². The highest BCUT2D eigenvalue weighted by atomic mass is 16.5. The molecule has 0 saturated carbocycles. The van der Waals surface area contributed by atoms with Crippen molar-refractivity contribution in [3.05, 3.63) is 0 Å². The van der Waals surface area contributed by atoms with E-state index in [0.29, 0.717) is 11.9 Å². The Morgan fingerprint density at radius 1 is 1.42 bits per heavy atom. The molecule has 6 heteroatoms. The van der Waals surface area contributed by atoms with E-state index in [-0.39, 0.29) is 0 Å². The normalized spacial score (nSPS) is 18.6. The van der Waals surface area contributed by atoms with E-state index < -0.39 is 0 Å². The van der Waals surface area contributed by atoms with Crippen LogP contribution in [0.4, 0.5) is 0 Å². The van der Waals surface area contributed by atoms with Crippen molar-refractivity contribution < 1.29 is 4.74 Å². The van der Waals surface area contributed by atoms with Gasteiger partial charge in [-0.1, -0.05) is 0 Å². The van der Waals surface area contributed by atoms with Crippen molar-refractivity contribution in [3.8, 4) is 0 Å². The van der Waals surface area contributed by atoms with E-state index in [1.807, 2.05) is 6.92 Å². The minimum Gasteiger partial charge on any atom is -0.382 e. The number of nitrogens with one attached hydrogen (secondary N) is 2. The average Bonchev–Trinajstić information content (AvgIpc) is 2.44. The first kappa shape index (κ1) is 16.2. The molecule has 0 bridgehead atoms. The van der Waals surface area contributed by atoms with Crippen molar-refractivity contribution in [1.82, 2.24) is 15.6 Å². The molecule has 1 aliphatic heterocycles. The second-order valence-corrected chi connectivity index (χ2v) is 5.06. The van der Waals surface area contributed by atoms with Crippen molar-refractivity contribution >= 4 is 5.96 Å². The van der Waals surface area contributed by atoms with Gasteiger partial charge in [0.15, 0.2) is 0 Å². The third kappa shape index (κ3) is 7.34. The van der Waals surface area contributed by atoms with Crippen molar-refractivity contribution in [3.63, 3.8) is 0 Å². The summed E-state index contributed by atoms with van der Waals surface area (Å²) in [5, 5.41) is 3.20. The molecule has 4 N–H and O–H groups in total. The molecular formula is C13H29N5O. The van der Waals surface area contributed by atoms with Gasteiger partial charge in [0.25, 0.3) is 0 Å². The Balaban J connectivity index is 2.16. The number of hydrazine groups is 1. The number of aliphatic imine (C=N–C) groups is 1. The molecule has 1 saturated heterocycles. The molecule has 0 aromatic carbocycles. The fourth-order valence-corrected chi connectivity index (χ4v) is 2.14. The lowest BCUT2D eigenvalue weighted by Gasteiger charge is -2.27. The maximum Gasteiger partial charge on any atom is 0.205 e. The molecule has 1 rings (SSSR count). The van der Waals surface area contributed by atoms with Crippen molar-refractivity contribution in [2.75, 3.05) is 46.4 Å². The second kappa shape index (κ2) is 10.00. The fourth-order valence-electron chi connectivity index (χ4n) is 2.14. The number of rotatable bonds is 7. The maximum absolute atomic E-state index is 5.47. The van der Waals surface area contributed by atoms with Crippen LogP contribution in [-0.2, 0) is 4.74 Å². The van der Waals surface area contributed by atoms with Crippen molar-refractivity contribution in [2.45, 2.75) is 26.2 Å². The zero-order valence-corrected chi connectivity index (χ0v) is 12.3. The number of nitrogens with zero attached hydrogens (tertiary/aromatic N) is 2. The summed E-state index contributed by atoms with van der Waals surface area (Å²) in [5.74, 6) is 6.84. The Morgan fingerprint density at radius 3 is 2.79 bits per heavy atom. The summed E-state index contributed by atoms with van der Waals surface area (Å²) in [5.41, 5.74) is 2.63. The van der Waals surface area contributed by atoms with E-state index in [2.05, 4.69) is 27.7 Å². The molecule has 0 aliphatic carbocycles. The molecular weight excluding hydrogens is 242 g/mol. The monoisotopic (exact) mass is 271 g/mol. The lowest BCUT2D eigenvalue weighted by atomic mass is 9.97. The van der Waals surface area contributed by atoms with Gasteiger partial charge in [-0.3, -0.25) is 10.4 Å². The van der Waals surface area contributed by atoms with Crippen LogP contribution in [0.3, 0.4) is 0 Å². The molecule has 0 amide bonds. The first-order chi connectivity index (χ1) is 9.26. The van der Waals surface area contributed by atoms with Crippen LogP contribution in [0, 0.1) is 5.92 Å². The predicted molar refractivity (Wildman–Crippen MR) is 79.0 cm³/mol. The molecule has 112 valence electrons. The summed E-state index contributed by atoms with van der Waals surface area (Å²) >= 11 is 0. The van der Waals surface area contributed by atoms with Crippen LogP contribution in [0.1, 0.15) is 26.2 Å². The van der Waals surface area contributed by atoms with Gasteiger partial charge in [-0.2, -0.15) is 0 Å². The van der Waals surface area contributed by atoms with Gasteiger partial charge in [-0.15, -0.1) is 0 Å².